The Labute approximate surface area is 136 Å². The van der Waals surface area contributed by atoms with E-state index in [2.05, 4.69) is 6.92 Å². The zero-order valence-electron chi connectivity index (χ0n) is 13.9. The fourth-order valence-corrected chi connectivity index (χ4v) is 3.88. The molecule has 0 radical (unpaired) electrons. The minimum Gasteiger partial charge on any atom is -0.465 e. The summed E-state index contributed by atoms with van der Waals surface area (Å²) in [5.74, 6) is -0.159. The molecular formula is C18H23NO4. The highest BCUT2D eigenvalue weighted by atomic mass is 16.5. The predicted molar refractivity (Wildman–Crippen MR) is 86.1 cm³/mol. The molecule has 1 saturated heterocycles. The number of fused-ring (bicyclic) bond motifs is 2. The van der Waals surface area contributed by atoms with E-state index in [0.717, 1.165) is 17.7 Å². The zero-order chi connectivity index (χ0) is 16.6. The van der Waals surface area contributed by atoms with Crippen LogP contribution in [-0.4, -0.2) is 31.1 Å². The first-order valence-electron chi connectivity index (χ1n) is 8.23. The van der Waals surface area contributed by atoms with Crippen molar-refractivity contribution in [3.8, 4) is 0 Å². The van der Waals surface area contributed by atoms with Gasteiger partial charge in [0.1, 0.15) is 6.54 Å². The van der Waals surface area contributed by atoms with E-state index < -0.39 is 11.6 Å². The number of ether oxygens (including phenoxy) is 2. The molecule has 124 valence electrons. The van der Waals surface area contributed by atoms with Crippen LogP contribution in [0.1, 0.15) is 39.2 Å². The van der Waals surface area contributed by atoms with E-state index >= 15 is 0 Å². The molecule has 0 aliphatic carbocycles. The average Bonchev–Trinajstić information content (AvgIpc) is 2.70. The number of benzene rings is 1. The van der Waals surface area contributed by atoms with Gasteiger partial charge in [0.2, 0.25) is 0 Å². The smallest absolute Gasteiger partial charge is 0.326 e. The van der Waals surface area contributed by atoms with Gasteiger partial charge in [-0.15, -0.1) is 0 Å². The quantitative estimate of drug-likeness (QED) is 0.804. The molecule has 1 aromatic carbocycles. The molecule has 1 amide bonds. The van der Waals surface area contributed by atoms with Crippen molar-refractivity contribution in [2.45, 2.75) is 45.3 Å². The molecular weight excluding hydrogens is 294 g/mol. The molecule has 2 aliphatic heterocycles. The molecule has 5 heteroatoms. The molecule has 0 aromatic heterocycles. The summed E-state index contributed by atoms with van der Waals surface area (Å²) in [6, 6.07) is 7.59. The lowest BCUT2D eigenvalue weighted by molar-refractivity contribution is -0.168. The fraction of sp³-hybridized carbons (Fsp3) is 0.556. The molecule has 0 saturated carbocycles. The highest BCUT2D eigenvalue weighted by molar-refractivity contribution is 6.09. The number of carbonyl (C=O) groups excluding carboxylic acids is 2. The SMILES string of the molecule is CCOC(=O)CN1C(=O)[C@@]2(C[C@@H](C)C[C@@H](C)O2)c2ccccc21. The number of hydrogen-bond acceptors (Lipinski definition) is 4. The lowest BCUT2D eigenvalue weighted by atomic mass is 9.81. The summed E-state index contributed by atoms with van der Waals surface area (Å²) < 4.78 is 11.2. The summed E-state index contributed by atoms with van der Waals surface area (Å²) in [6.45, 7) is 6.13. The second kappa shape index (κ2) is 5.96. The first-order valence-corrected chi connectivity index (χ1v) is 8.23. The monoisotopic (exact) mass is 317 g/mol. The second-order valence-electron chi connectivity index (χ2n) is 6.51. The van der Waals surface area contributed by atoms with Crippen molar-refractivity contribution in [3.63, 3.8) is 0 Å². The summed E-state index contributed by atoms with van der Waals surface area (Å²) in [5, 5.41) is 0. The zero-order valence-corrected chi connectivity index (χ0v) is 13.9. The van der Waals surface area contributed by atoms with Gasteiger partial charge in [-0.3, -0.25) is 14.5 Å². The van der Waals surface area contributed by atoms with E-state index in [1.165, 1.54) is 4.90 Å². The predicted octanol–water partition coefficient (Wildman–Crippen LogP) is 2.63. The number of hydrogen-bond donors (Lipinski definition) is 0. The summed E-state index contributed by atoms with van der Waals surface area (Å²) in [5.41, 5.74) is 0.666. The van der Waals surface area contributed by atoms with Crippen molar-refractivity contribution in [1.82, 2.24) is 0 Å². The van der Waals surface area contributed by atoms with Gasteiger partial charge in [-0.25, -0.2) is 0 Å². The summed E-state index contributed by atoms with van der Waals surface area (Å²) in [4.78, 5) is 26.6. The molecule has 5 nitrogen and oxygen atoms in total. The molecule has 0 unspecified atom stereocenters. The Bertz CT molecular complexity index is 617. The molecule has 2 heterocycles. The van der Waals surface area contributed by atoms with Crippen LogP contribution in [0, 0.1) is 5.92 Å². The van der Waals surface area contributed by atoms with E-state index in [9.17, 15) is 9.59 Å². The largest absolute Gasteiger partial charge is 0.465 e. The standard InChI is InChI=1S/C18H23NO4/c1-4-22-16(20)11-19-15-8-6-5-7-14(15)18(17(19)21)10-12(2)9-13(3)23-18/h5-8,12-13H,4,9-11H2,1-3H3/t12-,13+,18+/m0/s1. The van der Waals surface area contributed by atoms with E-state index in [-0.39, 0.29) is 18.6 Å². The Morgan fingerprint density at radius 2 is 2.13 bits per heavy atom. The molecule has 3 atom stereocenters. The van der Waals surface area contributed by atoms with E-state index in [1.54, 1.807) is 6.92 Å². The third-order valence-electron chi connectivity index (χ3n) is 4.59. The van der Waals surface area contributed by atoms with Crippen molar-refractivity contribution in [2.75, 3.05) is 18.1 Å². The molecule has 2 aliphatic rings. The highest BCUT2D eigenvalue weighted by Crippen LogP contribution is 2.49. The normalized spacial score (nSPS) is 29.7. The highest BCUT2D eigenvalue weighted by Gasteiger charge is 2.55. The number of anilines is 1. The van der Waals surface area contributed by atoms with Crippen LogP contribution < -0.4 is 4.90 Å². The first-order chi connectivity index (χ1) is 11.0. The van der Waals surface area contributed by atoms with Crippen LogP contribution in [0.2, 0.25) is 0 Å². The Morgan fingerprint density at radius 1 is 1.39 bits per heavy atom. The van der Waals surface area contributed by atoms with Crippen LogP contribution in [0.3, 0.4) is 0 Å². The second-order valence-corrected chi connectivity index (χ2v) is 6.51. The third-order valence-corrected chi connectivity index (χ3v) is 4.59. The van der Waals surface area contributed by atoms with Gasteiger partial charge in [0.25, 0.3) is 5.91 Å². The maximum Gasteiger partial charge on any atom is 0.326 e. The minimum atomic E-state index is -0.958. The Kier molecular flexibility index (Phi) is 4.15. The van der Waals surface area contributed by atoms with E-state index in [0.29, 0.717) is 18.9 Å². The van der Waals surface area contributed by atoms with Gasteiger partial charge in [0, 0.05) is 5.56 Å². The lowest BCUT2D eigenvalue weighted by Gasteiger charge is -2.39. The maximum absolute atomic E-state index is 13.2. The van der Waals surface area contributed by atoms with Crippen LogP contribution >= 0.6 is 0 Å². The number of amides is 1. The third kappa shape index (κ3) is 2.63. The van der Waals surface area contributed by atoms with Gasteiger partial charge in [0.15, 0.2) is 5.60 Å². The number of carbonyl (C=O) groups is 2. The molecule has 3 rings (SSSR count). The molecule has 0 bridgehead atoms. The van der Waals surface area contributed by atoms with Gasteiger partial charge in [-0.2, -0.15) is 0 Å². The van der Waals surface area contributed by atoms with Crippen molar-refractivity contribution in [1.29, 1.82) is 0 Å². The van der Waals surface area contributed by atoms with E-state index in [4.69, 9.17) is 9.47 Å². The maximum atomic E-state index is 13.2. The average molecular weight is 317 g/mol. The van der Waals surface area contributed by atoms with Crippen LogP contribution in [-0.2, 0) is 24.7 Å². The first kappa shape index (κ1) is 16.0. The molecule has 0 N–H and O–H groups in total. The van der Waals surface area contributed by atoms with Crippen molar-refractivity contribution < 1.29 is 19.1 Å². The van der Waals surface area contributed by atoms with Crippen molar-refractivity contribution in [3.05, 3.63) is 29.8 Å². The number of rotatable bonds is 3. The number of esters is 1. The Hall–Kier alpha value is -1.88. The van der Waals surface area contributed by atoms with Gasteiger partial charge in [0.05, 0.1) is 18.4 Å². The Balaban J connectivity index is 2.00. The van der Waals surface area contributed by atoms with Crippen molar-refractivity contribution >= 4 is 17.6 Å². The van der Waals surface area contributed by atoms with Crippen LogP contribution in [0.25, 0.3) is 0 Å². The fourth-order valence-electron chi connectivity index (χ4n) is 3.88. The minimum absolute atomic E-state index is 0.0123. The summed E-state index contributed by atoms with van der Waals surface area (Å²) >= 11 is 0. The molecule has 1 aromatic rings. The van der Waals surface area contributed by atoms with Gasteiger partial charge in [-0.1, -0.05) is 25.1 Å². The number of nitrogens with zero attached hydrogens (tertiary/aromatic N) is 1. The molecule has 23 heavy (non-hydrogen) atoms. The number of para-hydroxylation sites is 1. The van der Waals surface area contributed by atoms with Crippen LogP contribution in [0.4, 0.5) is 5.69 Å². The van der Waals surface area contributed by atoms with Crippen LogP contribution in [0.5, 0.6) is 0 Å². The van der Waals surface area contributed by atoms with Gasteiger partial charge < -0.3 is 9.47 Å². The molecule has 1 fully saturated rings. The Morgan fingerprint density at radius 3 is 2.83 bits per heavy atom. The molecule has 1 spiro atoms. The van der Waals surface area contributed by atoms with Crippen molar-refractivity contribution in [2.24, 2.45) is 5.92 Å². The van der Waals surface area contributed by atoms with Gasteiger partial charge >= 0.3 is 5.97 Å². The van der Waals surface area contributed by atoms with E-state index in [1.807, 2.05) is 31.2 Å². The topological polar surface area (TPSA) is 55.8 Å². The lowest BCUT2D eigenvalue weighted by Crippen LogP contribution is -2.49. The summed E-state index contributed by atoms with van der Waals surface area (Å²) in [7, 11) is 0. The summed E-state index contributed by atoms with van der Waals surface area (Å²) in [6.07, 6.45) is 1.60. The van der Waals surface area contributed by atoms with Crippen LogP contribution in [0.15, 0.2) is 24.3 Å². The van der Waals surface area contributed by atoms with Gasteiger partial charge in [-0.05, 0) is 38.7 Å².